The molecule has 0 unspecified atom stereocenters. The zero-order valence-corrected chi connectivity index (χ0v) is 16.0. The molecule has 0 saturated heterocycles. The van der Waals surface area contributed by atoms with Crippen molar-refractivity contribution < 1.29 is 24.6 Å². The Labute approximate surface area is 156 Å². The fourth-order valence-corrected chi connectivity index (χ4v) is 2.14. The van der Waals surface area contributed by atoms with Crippen molar-refractivity contribution in [2.24, 2.45) is 11.5 Å². The molecule has 154 valence electrons. The van der Waals surface area contributed by atoms with Crippen LogP contribution in [0.4, 0.5) is 0 Å². The molecular formula is C18H37N3O5. The summed E-state index contributed by atoms with van der Waals surface area (Å²) in [5.74, 6) is -2.08. The molecule has 8 nitrogen and oxygen atoms in total. The summed E-state index contributed by atoms with van der Waals surface area (Å²) in [4.78, 5) is 31.4. The summed E-state index contributed by atoms with van der Waals surface area (Å²) in [5.41, 5.74) is 10.4. The van der Waals surface area contributed by atoms with E-state index in [0.29, 0.717) is 19.4 Å². The molecule has 0 spiro atoms. The molecule has 0 radical (unpaired) electrons. The van der Waals surface area contributed by atoms with Crippen LogP contribution in [0.25, 0.3) is 0 Å². The highest BCUT2D eigenvalue weighted by molar-refractivity contribution is 5.80. The standard InChI is InChI=1S/C12H23NO3.C6H14N2O2/c1-2-3-4-5-6-7-8-9-11(14)13-10-12(15)16;7-4-2-1-3-5(8)6(9)10/h2-10H2,1H3,(H,13,14)(H,15,16);5H,1-4,7-8H2,(H,9,10)/t;5-/m.0/s1. The molecule has 0 heterocycles. The minimum absolute atomic E-state index is 0.157. The first-order valence-corrected chi connectivity index (χ1v) is 9.52. The number of nitrogens with one attached hydrogen (secondary N) is 1. The smallest absolute Gasteiger partial charge is 0.322 e. The molecule has 0 fully saturated rings. The summed E-state index contributed by atoms with van der Waals surface area (Å²) in [6, 6.07) is -0.716. The summed E-state index contributed by atoms with van der Waals surface area (Å²) in [6.07, 6.45) is 10.8. The van der Waals surface area contributed by atoms with Gasteiger partial charge in [-0.25, -0.2) is 0 Å². The van der Waals surface area contributed by atoms with Crippen molar-refractivity contribution in [3.8, 4) is 0 Å². The lowest BCUT2D eigenvalue weighted by Crippen LogP contribution is -2.29. The molecule has 1 atom stereocenters. The third kappa shape index (κ3) is 22.3. The van der Waals surface area contributed by atoms with E-state index in [1.54, 1.807) is 0 Å². The van der Waals surface area contributed by atoms with E-state index < -0.39 is 18.0 Å². The maximum Gasteiger partial charge on any atom is 0.322 e. The van der Waals surface area contributed by atoms with Crippen LogP contribution in [0.1, 0.15) is 77.6 Å². The Hall–Kier alpha value is -1.67. The van der Waals surface area contributed by atoms with Crippen LogP contribution < -0.4 is 16.8 Å². The van der Waals surface area contributed by atoms with Gasteiger partial charge in [0.05, 0.1) is 0 Å². The van der Waals surface area contributed by atoms with Gasteiger partial charge in [0.15, 0.2) is 0 Å². The van der Waals surface area contributed by atoms with Gasteiger partial charge in [-0.05, 0) is 25.8 Å². The highest BCUT2D eigenvalue weighted by Crippen LogP contribution is 2.08. The van der Waals surface area contributed by atoms with E-state index in [-0.39, 0.29) is 12.5 Å². The molecule has 0 rings (SSSR count). The molecule has 0 aliphatic heterocycles. The Balaban J connectivity index is 0. The first-order chi connectivity index (χ1) is 12.3. The Morgan fingerprint density at radius 1 is 0.923 bits per heavy atom. The summed E-state index contributed by atoms with van der Waals surface area (Å²) >= 11 is 0. The summed E-state index contributed by atoms with van der Waals surface area (Å²) in [6.45, 7) is 2.52. The number of hydrogen-bond donors (Lipinski definition) is 5. The van der Waals surface area contributed by atoms with Crippen LogP contribution in [-0.2, 0) is 14.4 Å². The van der Waals surface area contributed by atoms with Gasteiger partial charge in [-0.1, -0.05) is 51.9 Å². The number of carbonyl (C=O) groups excluding carboxylic acids is 1. The minimum Gasteiger partial charge on any atom is -0.480 e. The number of nitrogens with two attached hydrogens (primary N) is 2. The summed E-state index contributed by atoms with van der Waals surface area (Å²) < 4.78 is 0. The molecule has 0 aliphatic carbocycles. The maximum absolute atomic E-state index is 11.1. The molecule has 0 saturated carbocycles. The molecule has 7 N–H and O–H groups in total. The van der Waals surface area contributed by atoms with Gasteiger partial charge in [-0.3, -0.25) is 14.4 Å². The second-order valence-corrected chi connectivity index (χ2v) is 6.27. The Kier molecular flexibility index (Phi) is 20.1. The fourth-order valence-electron chi connectivity index (χ4n) is 2.14. The van der Waals surface area contributed by atoms with E-state index >= 15 is 0 Å². The van der Waals surface area contributed by atoms with E-state index in [1.165, 1.54) is 32.1 Å². The van der Waals surface area contributed by atoms with Crippen LogP contribution in [0, 0.1) is 0 Å². The molecule has 8 heteroatoms. The minimum atomic E-state index is -0.993. The second kappa shape index (κ2) is 19.7. The number of aliphatic carboxylic acids is 2. The number of rotatable bonds is 15. The Bertz CT molecular complexity index is 378. The van der Waals surface area contributed by atoms with Crippen molar-refractivity contribution in [3.05, 3.63) is 0 Å². The Morgan fingerprint density at radius 3 is 2.00 bits per heavy atom. The topological polar surface area (TPSA) is 156 Å². The molecule has 1 amide bonds. The van der Waals surface area contributed by atoms with Gasteiger partial charge in [-0.15, -0.1) is 0 Å². The van der Waals surface area contributed by atoms with Crippen molar-refractivity contribution in [2.75, 3.05) is 13.1 Å². The molecule has 26 heavy (non-hydrogen) atoms. The van der Waals surface area contributed by atoms with Crippen LogP contribution in [-0.4, -0.2) is 47.2 Å². The molecule has 0 aromatic carbocycles. The average Bonchev–Trinajstić information content (AvgIpc) is 2.59. The number of carbonyl (C=O) groups is 3. The molecule has 0 aromatic heterocycles. The van der Waals surface area contributed by atoms with Crippen LogP contribution in [0.15, 0.2) is 0 Å². The average molecular weight is 376 g/mol. The van der Waals surface area contributed by atoms with Gasteiger partial charge >= 0.3 is 11.9 Å². The van der Waals surface area contributed by atoms with Gasteiger partial charge in [0.2, 0.25) is 5.91 Å². The van der Waals surface area contributed by atoms with Gasteiger partial charge in [0, 0.05) is 6.42 Å². The third-order valence-corrected chi connectivity index (χ3v) is 3.73. The molecule has 0 aliphatic rings. The van der Waals surface area contributed by atoms with Crippen LogP contribution in [0.2, 0.25) is 0 Å². The fraction of sp³-hybridized carbons (Fsp3) is 0.833. The maximum atomic E-state index is 11.1. The van der Waals surface area contributed by atoms with Gasteiger partial charge < -0.3 is 27.0 Å². The third-order valence-electron chi connectivity index (χ3n) is 3.73. The highest BCUT2D eigenvalue weighted by atomic mass is 16.4. The van der Waals surface area contributed by atoms with Crippen molar-refractivity contribution >= 4 is 17.8 Å². The number of carboxylic acid groups (broad SMARTS) is 2. The number of hydrogen-bond acceptors (Lipinski definition) is 5. The zero-order valence-electron chi connectivity index (χ0n) is 16.0. The van der Waals surface area contributed by atoms with E-state index in [0.717, 1.165) is 25.7 Å². The molecule has 0 bridgehead atoms. The van der Waals surface area contributed by atoms with Gasteiger partial charge in [0.25, 0.3) is 0 Å². The lowest BCUT2D eigenvalue weighted by atomic mass is 10.1. The van der Waals surface area contributed by atoms with Crippen molar-refractivity contribution in [2.45, 2.75) is 83.6 Å². The van der Waals surface area contributed by atoms with Crippen molar-refractivity contribution in [1.29, 1.82) is 0 Å². The normalized spacial score (nSPS) is 11.2. The largest absolute Gasteiger partial charge is 0.480 e. The summed E-state index contributed by atoms with van der Waals surface area (Å²) in [7, 11) is 0. The number of carboxylic acids is 2. The Morgan fingerprint density at radius 2 is 1.50 bits per heavy atom. The summed E-state index contributed by atoms with van der Waals surface area (Å²) in [5, 5.41) is 19.0. The second-order valence-electron chi connectivity index (χ2n) is 6.27. The SMILES string of the molecule is CCCCCCCCCC(=O)NCC(=O)O.NCCCC[C@H](N)C(=O)O. The monoisotopic (exact) mass is 375 g/mol. The predicted octanol–water partition coefficient (Wildman–Crippen LogP) is 1.86. The van der Waals surface area contributed by atoms with Crippen LogP contribution >= 0.6 is 0 Å². The number of amides is 1. The van der Waals surface area contributed by atoms with Crippen LogP contribution in [0.3, 0.4) is 0 Å². The molecule has 0 aromatic rings. The van der Waals surface area contributed by atoms with E-state index in [1.807, 2.05) is 0 Å². The zero-order chi connectivity index (χ0) is 20.2. The van der Waals surface area contributed by atoms with Crippen molar-refractivity contribution in [3.63, 3.8) is 0 Å². The van der Waals surface area contributed by atoms with Gasteiger partial charge in [-0.2, -0.15) is 0 Å². The number of unbranched alkanes of at least 4 members (excludes halogenated alkanes) is 7. The van der Waals surface area contributed by atoms with Crippen molar-refractivity contribution in [1.82, 2.24) is 5.32 Å². The van der Waals surface area contributed by atoms with Gasteiger partial charge in [0.1, 0.15) is 12.6 Å². The van der Waals surface area contributed by atoms with E-state index in [4.69, 9.17) is 21.7 Å². The first-order valence-electron chi connectivity index (χ1n) is 9.52. The highest BCUT2D eigenvalue weighted by Gasteiger charge is 2.09. The van der Waals surface area contributed by atoms with E-state index in [2.05, 4.69) is 12.2 Å². The first kappa shape index (κ1) is 26.6. The molecular weight excluding hydrogens is 338 g/mol. The van der Waals surface area contributed by atoms with Crippen LogP contribution in [0.5, 0.6) is 0 Å². The quantitative estimate of drug-likeness (QED) is 0.273. The predicted molar refractivity (Wildman–Crippen MR) is 102 cm³/mol. The van der Waals surface area contributed by atoms with E-state index in [9.17, 15) is 14.4 Å². The lowest BCUT2D eigenvalue weighted by Gasteiger charge is -2.03. The lowest BCUT2D eigenvalue weighted by molar-refractivity contribution is -0.139.